The van der Waals surface area contributed by atoms with Gasteiger partial charge in [-0.2, -0.15) is 5.10 Å². The van der Waals surface area contributed by atoms with E-state index in [2.05, 4.69) is 10.4 Å². The number of aromatic nitrogens is 2. The Balaban J connectivity index is 1.84. The van der Waals surface area contributed by atoms with Crippen molar-refractivity contribution in [2.75, 3.05) is 11.9 Å². The van der Waals surface area contributed by atoms with Crippen LogP contribution in [0.2, 0.25) is 0 Å². The standard InChI is InChI=1S/C15H17N3O2/c1-10-4-5-13(11(2)8-10)17-14(19)12-9-16-18-6-3-7-20-15(12)18/h4-5,8-9H,3,6-7H2,1-2H3,(H,17,19). The molecule has 1 amide bonds. The van der Waals surface area contributed by atoms with E-state index >= 15 is 0 Å². The molecule has 20 heavy (non-hydrogen) atoms. The molecular formula is C15H17N3O2. The molecule has 5 heteroatoms. The third-order valence-corrected chi connectivity index (χ3v) is 3.42. The molecule has 0 fully saturated rings. The van der Waals surface area contributed by atoms with Crippen LogP contribution in [0.15, 0.2) is 24.4 Å². The summed E-state index contributed by atoms with van der Waals surface area (Å²) in [6, 6.07) is 5.94. The van der Waals surface area contributed by atoms with Crippen LogP contribution < -0.4 is 10.1 Å². The van der Waals surface area contributed by atoms with Crippen molar-refractivity contribution in [1.29, 1.82) is 0 Å². The molecule has 1 aliphatic rings. The van der Waals surface area contributed by atoms with Crippen molar-refractivity contribution in [3.63, 3.8) is 0 Å². The highest BCUT2D eigenvalue weighted by atomic mass is 16.5. The van der Waals surface area contributed by atoms with E-state index in [0.29, 0.717) is 18.1 Å². The van der Waals surface area contributed by atoms with E-state index in [1.54, 1.807) is 10.9 Å². The van der Waals surface area contributed by atoms with E-state index in [-0.39, 0.29) is 5.91 Å². The lowest BCUT2D eigenvalue weighted by Crippen LogP contribution is -2.18. The molecule has 2 heterocycles. The number of hydrogen-bond donors (Lipinski definition) is 1. The van der Waals surface area contributed by atoms with Crippen LogP contribution in [0.4, 0.5) is 5.69 Å². The molecule has 0 atom stereocenters. The van der Waals surface area contributed by atoms with Crippen molar-refractivity contribution in [3.05, 3.63) is 41.1 Å². The minimum Gasteiger partial charge on any atom is -0.477 e. The zero-order valence-corrected chi connectivity index (χ0v) is 11.6. The molecular weight excluding hydrogens is 254 g/mol. The third-order valence-electron chi connectivity index (χ3n) is 3.42. The van der Waals surface area contributed by atoms with Crippen LogP contribution in [0.25, 0.3) is 0 Å². The summed E-state index contributed by atoms with van der Waals surface area (Å²) >= 11 is 0. The van der Waals surface area contributed by atoms with Crippen LogP contribution in [0.3, 0.4) is 0 Å². The molecule has 0 bridgehead atoms. The van der Waals surface area contributed by atoms with Crippen LogP contribution in [-0.4, -0.2) is 22.3 Å². The molecule has 1 aromatic carbocycles. The summed E-state index contributed by atoms with van der Waals surface area (Å²) in [6.45, 7) is 5.44. The van der Waals surface area contributed by atoms with Gasteiger partial charge in [0.15, 0.2) is 0 Å². The maximum atomic E-state index is 12.3. The Kier molecular flexibility index (Phi) is 3.18. The van der Waals surface area contributed by atoms with Gasteiger partial charge in [-0.15, -0.1) is 0 Å². The molecule has 0 saturated carbocycles. The Morgan fingerprint density at radius 2 is 2.25 bits per heavy atom. The van der Waals surface area contributed by atoms with Gasteiger partial charge in [-0.1, -0.05) is 17.7 Å². The van der Waals surface area contributed by atoms with E-state index in [1.807, 2.05) is 32.0 Å². The van der Waals surface area contributed by atoms with Crippen LogP contribution in [0.1, 0.15) is 27.9 Å². The van der Waals surface area contributed by atoms with E-state index in [4.69, 9.17) is 4.74 Å². The van der Waals surface area contributed by atoms with E-state index in [1.165, 1.54) is 5.56 Å². The molecule has 1 aromatic heterocycles. The minimum atomic E-state index is -0.180. The number of amides is 1. The minimum absolute atomic E-state index is 0.180. The summed E-state index contributed by atoms with van der Waals surface area (Å²) in [5.41, 5.74) is 3.52. The SMILES string of the molecule is Cc1ccc(NC(=O)c2cnn3c2OCCC3)c(C)c1. The molecule has 0 unspecified atom stereocenters. The van der Waals surface area contributed by atoms with Crippen molar-refractivity contribution < 1.29 is 9.53 Å². The van der Waals surface area contributed by atoms with Crippen molar-refractivity contribution in [1.82, 2.24) is 9.78 Å². The number of ether oxygens (including phenoxy) is 1. The highest BCUT2D eigenvalue weighted by Gasteiger charge is 2.21. The maximum absolute atomic E-state index is 12.3. The Labute approximate surface area is 117 Å². The van der Waals surface area contributed by atoms with Gasteiger partial charge < -0.3 is 10.1 Å². The second-order valence-corrected chi connectivity index (χ2v) is 5.06. The summed E-state index contributed by atoms with van der Waals surface area (Å²) in [6.07, 6.45) is 2.49. The first kappa shape index (κ1) is 12.7. The summed E-state index contributed by atoms with van der Waals surface area (Å²) in [7, 11) is 0. The van der Waals surface area contributed by atoms with Crippen LogP contribution in [-0.2, 0) is 6.54 Å². The molecule has 0 radical (unpaired) electrons. The zero-order valence-electron chi connectivity index (χ0n) is 11.6. The maximum Gasteiger partial charge on any atom is 0.262 e. The van der Waals surface area contributed by atoms with E-state index < -0.39 is 0 Å². The fourth-order valence-electron chi connectivity index (χ4n) is 2.37. The molecule has 0 spiro atoms. The number of anilines is 1. The van der Waals surface area contributed by atoms with Gasteiger partial charge in [-0.25, -0.2) is 4.68 Å². The Bertz CT molecular complexity index is 661. The van der Waals surface area contributed by atoms with Gasteiger partial charge in [0.1, 0.15) is 5.56 Å². The van der Waals surface area contributed by atoms with Gasteiger partial charge in [0.05, 0.1) is 12.8 Å². The first-order valence-electron chi connectivity index (χ1n) is 6.72. The molecule has 0 saturated heterocycles. The highest BCUT2D eigenvalue weighted by molar-refractivity contribution is 6.06. The highest BCUT2D eigenvalue weighted by Crippen LogP contribution is 2.24. The number of aryl methyl sites for hydroxylation is 3. The van der Waals surface area contributed by atoms with Gasteiger partial charge in [0.25, 0.3) is 5.91 Å². The summed E-state index contributed by atoms with van der Waals surface area (Å²) in [5, 5.41) is 7.10. The average Bonchev–Trinajstić information content (AvgIpc) is 2.86. The number of hydrogen-bond acceptors (Lipinski definition) is 3. The molecule has 1 aliphatic heterocycles. The fourth-order valence-corrected chi connectivity index (χ4v) is 2.37. The molecule has 104 valence electrons. The largest absolute Gasteiger partial charge is 0.477 e. The normalized spacial score (nSPS) is 13.5. The van der Waals surface area contributed by atoms with Gasteiger partial charge in [0, 0.05) is 18.7 Å². The molecule has 3 rings (SSSR count). The molecule has 5 nitrogen and oxygen atoms in total. The van der Waals surface area contributed by atoms with Crippen LogP contribution in [0.5, 0.6) is 5.88 Å². The lowest BCUT2D eigenvalue weighted by atomic mass is 10.1. The smallest absolute Gasteiger partial charge is 0.262 e. The third kappa shape index (κ3) is 2.27. The zero-order chi connectivity index (χ0) is 14.1. The second-order valence-electron chi connectivity index (χ2n) is 5.06. The van der Waals surface area contributed by atoms with E-state index in [0.717, 1.165) is 24.2 Å². The van der Waals surface area contributed by atoms with Crippen LogP contribution >= 0.6 is 0 Å². The first-order chi connectivity index (χ1) is 9.65. The number of rotatable bonds is 2. The predicted molar refractivity (Wildman–Crippen MR) is 76.2 cm³/mol. The predicted octanol–water partition coefficient (Wildman–Crippen LogP) is 2.53. The Hall–Kier alpha value is -2.30. The summed E-state index contributed by atoms with van der Waals surface area (Å²) < 4.78 is 7.28. The lowest BCUT2D eigenvalue weighted by molar-refractivity contribution is 0.102. The van der Waals surface area contributed by atoms with Gasteiger partial charge in [-0.05, 0) is 25.5 Å². The van der Waals surface area contributed by atoms with Crippen LogP contribution in [0, 0.1) is 13.8 Å². The Morgan fingerprint density at radius 3 is 3.05 bits per heavy atom. The topological polar surface area (TPSA) is 56.2 Å². The van der Waals surface area contributed by atoms with Crippen molar-refractivity contribution in [3.8, 4) is 5.88 Å². The van der Waals surface area contributed by atoms with Crippen molar-refractivity contribution in [2.24, 2.45) is 0 Å². The van der Waals surface area contributed by atoms with Crippen molar-refractivity contribution >= 4 is 11.6 Å². The number of nitrogens with one attached hydrogen (secondary N) is 1. The van der Waals surface area contributed by atoms with Crippen molar-refractivity contribution in [2.45, 2.75) is 26.8 Å². The van der Waals surface area contributed by atoms with Gasteiger partial charge >= 0.3 is 0 Å². The summed E-state index contributed by atoms with van der Waals surface area (Å²) in [5.74, 6) is 0.388. The summed E-state index contributed by atoms with van der Waals surface area (Å²) in [4.78, 5) is 12.3. The Morgan fingerprint density at radius 1 is 1.40 bits per heavy atom. The number of nitrogens with zero attached hydrogens (tertiary/aromatic N) is 2. The van der Waals surface area contributed by atoms with E-state index in [9.17, 15) is 4.79 Å². The number of carbonyl (C=O) groups is 1. The molecule has 1 N–H and O–H groups in total. The number of fused-ring (bicyclic) bond motifs is 1. The van der Waals surface area contributed by atoms with Gasteiger partial charge in [-0.3, -0.25) is 4.79 Å². The number of benzene rings is 1. The average molecular weight is 271 g/mol. The quantitative estimate of drug-likeness (QED) is 0.913. The fraction of sp³-hybridized carbons (Fsp3) is 0.333. The second kappa shape index (κ2) is 5.00. The molecule has 0 aliphatic carbocycles. The van der Waals surface area contributed by atoms with Gasteiger partial charge in [0.2, 0.25) is 5.88 Å². The number of carbonyl (C=O) groups excluding carboxylic acids is 1. The molecule has 2 aromatic rings. The first-order valence-corrected chi connectivity index (χ1v) is 6.72. The monoisotopic (exact) mass is 271 g/mol. The lowest BCUT2D eigenvalue weighted by Gasteiger charge is -2.16.